The second kappa shape index (κ2) is 5.04. The van der Waals surface area contributed by atoms with Crippen LogP contribution in [0.2, 0.25) is 0 Å². The molecule has 0 aliphatic heterocycles. The Labute approximate surface area is 87.5 Å². The third-order valence-corrected chi connectivity index (χ3v) is 1.54. The molecule has 1 aromatic heterocycles. The first-order valence-corrected chi connectivity index (χ1v) is 3.44. The smallest absolute Gasteiger partial charge is 0.342 e. The fraction of sp³-hybridized carbons (Fsp3) is 0.500. The number of aromatic nitrogens is 2. The zero-order valence-corrected chi connectivity index (χ0v) is 10.3. The van der Waals surface area contributed by atoms with Crippen molar-refractivity contribution in [2.45, 2.75) is 13.5 Å². The summed E-state index contributed by atoms with van der Waals surface area (Å²) in [7, 11) is 0. The molecule has 0 aliphatic carbocycles. The molecule has 0 spiro atoms. The Morgan fingerprint density at radius 3 is 2.85 bits per heavy atom. The first kappa shape index (κ1) is 12.2. The summed E-state index contributed by atoms with van der Waals surface area (Å²) < 4.78 is 1.36. The molecular formula is C6H9N3O3Zn. The van der Waals surface area contributed by atoms with Gasteiger partial charge in [0.05, 0.1) is 6.61 Å². The number of rotatable bonds is 3. The van der Waals surface area contributed by atoms with Crippen LogP contribution < -0.4 is 0 Å². The molecule has 0 unspecified atom stereocenters. The van der Waals surface area contributed by atoms with Crippen LogP contribution in [0.1, 0.15) is 5.82 Å². The maximum absolute atomic E-state index is 10.4. The SMILES string of the molecule is Cc1ncc([N+](=O)[O-])n1CCO.[Zn]. The van der Waals surface area contributed by atoms with Crippen molar-refractivity contribution < 1.29 is 29.5 Å². The van der Waals surface area contributed by atoms with Crippen molar-refractivity contribution in [1.82, 2.24) is 9.55 Å². The maximum atomic E-state index is 10.4. The van der Waals surface area contributed by atoms with E-state index >= 15 is 0 Å². The predicted octanol–water partition coefficient (Wildman–Crippen LogP) is 0.0895. The van der Waals surface area contributed by atoms with Gasteiger partial charge in [0.15, 0.2) is 5.82 Å². The summed E-state index contributed by atoms with van der Waals surface area (Å²) in [5.74, 6) is 0.456. The number of nitrogens with zero attached hydrogens (tertiary/aromatic N) is 3. The van der Waals surface area contributed by atoms with Crippen LogP contribution >= 0.6 is 0 Å². The summed E-state index contributed by atoms with van der Waals surface area (Å²) in [5.41, 5.74) is 0. The largest absolute Gasteiger partial charge is 0.392 e. The first-order valence-electron chi connectivity index (χ1n) is 3.44. The fourth-order valence-corrected chi connectivity index (χ4v) is 0.978. The van der Waals surface area contributed by atoms with Crippen molar-refractivity contribution in [3.63, 3.8) is 0 Å². The molecule has 13 heavy (non-hydrogen) atoms. The standard InChI is InChI=1S/C6H9N3O3.Zn/c1-5-7-4-6(9(11)12)8(5)2-3-10;/h4,10H,2-3H2,1H3;. The Morgan fingerprint density at radius 2 is 2.38 bits per heavy atom. The van der Waals surface area contributed by atoms with Crippen LogP contribution in [0, 0.1) is 17.0 Å². The summed E-state index contributed by atoms with van der Waals surface area (Å²) in [6, 6.07) is 0. The van der Waals surface area contributed by atoms with E-state index < -0.39 is 4.92 Å². The van der Waals surface area contributed by atoms with E-state index in [1.807, 2.05) is 0 Å². The minimum atomic E-state index is -0.518. The topological polar surface area (TPSA) is 81.2 Å². The molecule has 0 aliphatic rings. The Hall–Kier alpha value is -0.807. The Kier molecular flexibility index (Phi) is 4.73. The molecule has 0 amide bonds. The fourth-order valence-electron chi connectivity index (χ4n) is 0.978. The van der Waals surface area contributed by atoms with Crippen LogP contribution in [0.4, 0.5) is 5.82 Å². The van der Waals surface area contributed by atoms with Crippen molar-refractivity contribution >= 4 is 5.82 Å². The molecule has 1 rings (SSSR count). The van der Waals surface area contributed by atoms with Gasteiger partial charge in [0, 0.05) is 26.4 Å². The summed E-state index contributed by atoms with van der Waals surface area (Å²) >= 11 is 0. The van der Waals surface area contributed by atoms with Crippen molar-refractivity contribution in [2.24, 2.45) is 0 Å². The molecule has 68 valence electrons. The normalized spacial score (nSPS) is 9.38. The Morgan fingerprint density at radius 1 is 1.77 bits per heavy atom. The molecule has 6 nitrogen and oxygen atoms in total. The van der Waals surface area contributed by atoms with Crippen LogP contribution in [0.3, 0.4) is 0 Å². The van der Waals surface area contributed by atoms with E-state index in [9.17, 15) is 10.1 Å². The molecule has 0 radical (unpaired) electrons. The van der Waals surface area contributed by atoms with Gasteiger partial charge in [-0.1, -0.05) is 0 Å². The molecule has 1 aromatic rings. The molecule has 0 fully saturated rings. The molecule has 0 aromatic carbocycles. The number of hydrogen-bond donors (Lipinski definition) is 1. The zero-order chi connectivity index (χ0) is 9.14. The molecule has 0 saturated heterocycles. The van der Waals surface area contributed by atoms with Gasteiger partial charge in [-0.3, -0.25) is 0 Å². The molecule has 7 heteroatoms. The Bertz CT molecular complexity index is 299. The predicted molar refractivity (Wildman–Crippen MR) is 40.7 cm³/mol. The third kappa shape index (κ3) is 2.57. The summed E-state index contributed by atoms with van der Waals surface area (Å²) in [5, 5.41) is 19.0. The van der Waals surface area contributed by atoms with Crippen molar-refractivity contribution in [2.75, 3.05) is 6.61 Å². The first-order chi connectivity index (χ1) is 5.66. The maximum Gasteiger partial charge on any atom is 0.342 e. The zero-order valence-electron chi connectivity index (χ0n) is 7.30. The van der Waals surface area contributed by atoms with Crippen molar-refractivity contribution in [3.8, 4) is 0 Å². The van der Waals surface area contributed by atoms with Gasteiger partial charge in [-0.15, -0.1) is 0 Å². The van der Waals surface area contributed by atoms with Crippen molar-refractivity contribution in [3.05, 3.63) is 22.1 Å². The van der Waals surface area contributed by atoms with E-state index in [1.165, 1.54) is 10.8 Å². The number of aliphatic hydroxyl groups excluding tert-OH is 1. The average molecular weight is 237 g/mol. The van der Waals surface area contributed by atoms with Crippen LogP contribution in [0.25, 0.3) is 0 Å². The summed E-state index contributed by atoms with van der Waals surface area (Å²) in [6.07, 6.45) is 1.19. The van der Waals surface area contributed by atoms with Crippen LogP contribution in [0.5, 0.6) is 0 Å². The molecular weight excluding hydrogens is 227 g/mol. The van der Waals surface area contributed by atoms with E-state index in [0.717, 1.165) is 0 Å². The minimum Gasteiger partial charge on any atom is -0.392 e. The van der Waals surface area contributed by atoms with E-state index in [4.69, 9.17) is 5.11 Å². The molecule has 0 saturated carbocycles. The van der Waals surface area contributed by atoms with Gasteiger partial charge in [0.25, 0.3) is 0 Å². The monoisotopic (exact) mass is 235 g/mol. The molecule has 0 atom stereocenters. The van der Waals surface area contributed by atoms with Gasteiger partial charge >= 0.3 is 5.82 Å². The number of aliphatic hydroxyl groups is 1. The minimum absolute atomic E-state index is 0. The van der Waals surface area contributed by atoms with Gasteiger partial charge in [-0.2, -0.15) is 0 Å². The van der Waals surface area contributed by atoms with Crippen LogP contribution in [-0.4, -0.2) is 26.2 Å². The Balaban J connectivity index is 0.00000144. The molecule has 0 bridgehead atoms. The van der Waals surface area contributed by atoms with Crippen LogP contribution in [-0.2, 0) is 26.0 Å². The van der Waals surface area contributed by atoms with E-state index in [1.54, 1.807) is 6.92 Å². The third-order valence-electron chi connectivity index (χ3n) is 1.54. The summed E-state index contributed by atoms with van der Waals surface area (Å²) in [6.45, 7) is 1.74. The quantitative estimate of drug-likeness (QED) is 0.458. The number of hydrogen-bond acceptors (Lipinski definition) is 4. The van der Waals surface area contributed by atoms with Crippen LogP contribution in [0.15, 0.2) is 6.20 Å². The van der Waals surface area contributed by atoms with Gasteiger partial charge in [-0.05, 0) is 4.92 Å². The summed E-state index contributed by atoms with van der Waals surface area (Å²) in [4.78, 5) is 13.6. The average Bonchev–Trinajstić information content (AvgIpc) is 2.34. The second-order valence-corrected chi connectivity index (χ2v) is 2.30. The number of nitro groups is 1. The number of aryl methyl sites for hydroxylation is 1. The van der Waals surface area contributed by atoms with Gasteiger partial charge in [0.2, 0.25) is 0 Å². The van der Waals surface area contributed by atoms with Gasteiger partial charge in [-0.25, -0.2) is 9.55 Å². The van der Waals surface area contributed by atoms with E-state index in [2.05, 4.69) is 4.98 Å². The van der Waals surface area contributed by atoms with E-state index in [0.29, 0.717) is 5.82 Å². The number of imidazole rings is 1. The van der Waals surface area contributed by atoms with Gasteiger partial charge in [0.1, 0.15) is 12.7 Å². The second-order valence-electron chi connectivity index (χ2n) is 2.30. The molecule has 1 N–H and O–H groups in total. The van der Waals surface area contributed by atoms with Gasteiger partial charge < -0.3 is 15.2 Å². The van der Waals surface area contributed by atoms with E-state index in [-0.39, 0.29) is 38.4 Å². The molecule has 1 heterocycles. The van der Waals surface area contributed by atoms with Crippen molar-refractivity contribution in [1.29, 1.82) is 0 Å².